The van der Waals surface area contributed by atoms with Gasteiger partial charge in [-0.2, -0.15) is 0 Å². The molecule has 5 aromatic carbocycles. The molecule has 0 N–H and O–H groups in total. The van der Waals surface area contributed by atoms with Crippen LogP contribution in [0.15, 0.2) is 71.1 Å². The second-order valence-corrected chi connectivity index (χ2v) is 14.5. The molecule has 0 unspecified atom stereocenters. The summed E-state index contributed by atoms with van der Waals surface area (Å²) < 4.78 is 48.2. The number of Topliss-reactive ketones (excluding diaryl/α,β-unsaturated/α-hetero) is 2. The lowest BCUT2D eigenvalue weighted by Crippen LogP contribution is -2.15. The summed E-state index contributed by atoms with van der Waals surface area (Å²) in [7, 11) is 0. The van der Waals surface area contributed by atoms with Gasteiger partial charge in [-0.1, -0.05) is 30.3 Å². The van der Waals surface area contributed by atoms with Gasteiger partial charge in [-0.15, -0.1) is 0 Å². The Kier molecular flexibility index (Phi) is 3.76. The van der Waals surface area contributed by atoms with Crippen LogP contribution in [0.5, 0.6) is 0 Å². The first-order chi connectivity index (χ1) is 24.3. The van der Waals surface area contributed by atoms with E-state index in [9.17, 15) is 15.1 Å². The van der Waals surface area contributed by atoms with Crippen LogP contribution in [0.3, 0.4) is 0 Å². The third-order valence-electron chi connectivity index (χ3n) is 12.3. The minimum absolute atomic E-state index is 0.0344. The van der Waals surface area contributed by atoms with Gasteiger partial charge in [-0.25, -0.2) is 0 Å². The number of rotatable bonds is 0. The van der Waals surface area contributed by atoms with Crippen molar-refractivity contribution in [3.05, 3.63) is 88.9 Å². The molecule has 3 aromatic heterocycles. The van der Waals surface area contributed by atoms with Gasteiger partial charge in [0, 0.05) is 49.9 Å². The van der Waals surface area contributed by atoms with Crippen LogP contribution in [0, 0.1) is 11.8 Å². The molecule has 6 aliphatic rings. The lowest BCUT2D eigenvalue weighted by atomic mass is 9.82. The molecular weight excluding hydrogens is 566 g/mol. The van der Waals surface area contributed by atoms with Crippen LogP contribution < -0.4 is 0 Å². The lowest BCUT2D eigenvalue weighted by molar-refractivity contribution is 0.0891. The van der Waals surface area contributed by atoms with Gasteiger partial charge in [0.1, 0.15) is 11.2 Å². The van der Waals surface area contributed by atoms with Gasteiger partial charge in [0.2, 0.25) is 0 Å². The minimum Gasteiger partial charge on any atom is -0.455 e. The Bertz CT molecular complexity index is 2930. The van der Waals surface area contributed by atoms with Gasteiger partial charge in [-0.3, -0.25) is 9.59 Å². The molecule has 222 valence electrons. The van der Waals surface area contributed by atoms with Crippen molar-refractivity contribution in [2.45, 2.75) is 63.2 Å². The fourth-order valence-electron chi connectivity index (χ4n) is 10.1. The van der Waals surface area contributed by atoms with Crippen LogP contribution in [0.25, 0.3) is 70.8 Å². The quantitative estimate of drug-likeness (QED) is 0.128. The first kappa shape index (κ1) is 21.2. The third kappa shape index (κ3) is 2.81. The maximum Gasteiger partial charge on any atom is 0.166 e. The highest BCUT2D eigenvalue weighted by Crippen LogP contribution is 2.51. The smallest absolute Gasteiger partial charge is 0.166 e. The van der Waals surface area contributed by atoms with Crippen LogP contribution in [0.2, 0.25) is 0 Å². The minimum atomic E-state index is -0.150. The molecule has 6 aliphatic carbocycles. The van der Waals surface area contributed by atoms with Gasteiger partial charge in [0.15, 0.2) is 11.6 Å². The molecule has 4 nitrogen and oxygen atoms in total. The van der Waals surface area contributed by atoms with E-state index < -0.39 is 0 Å². The number of carbonyl (C=O) groups is 2. The summed E-state index contributed by atoms with van der Waals surface area (Å²) in [6.45, 7) is 0. The summed E-state index contributed by atoms with van der Waals surface area (Å²) in [5, 5.41) is 6.50. The molecule has 0 spiro atoms. The SMILES string of the molecule is [2H]c1c2c(c([2H])c3c1c1cc4c5cccc6cccc(oc4c4c7c([2H])c8c(c([2H])c7n3c14)C(=O)C1CCC8CC1)c65)C(=O)C1CCC2CC1. The van der Waals surface area contributed by atoms with Gasteiger partial charge < -0.3 is 8.82 Å². The second kappa shape index (κ2) is 8.17. The van der Waals surface area contributed by atoms with Crippen molar-refractivity contribution in [2.24, 2.45) is 11.8 Å². The van der Waals surface area contributed by atoms with Gasteiger partial charge in [-0.05, 0) is 121 Å². The maximum atomic E-state index is 14.2. The standard InChI is InChI=1S/C42H31NO3/c44-40-23-11-7-20(8-12-23)26-15-28-29-17-32-25-5-1-3-22-4-2-6-36(37(22)25)46-42(32)38-33-16-27-21-9-13-24(14-10-21)41(45)31(27)19-35(33)43(39(29)38)34(28)18-30(26)40/h1-6,15-21,23-24H,7-14H2/i15D,16D,18D,19D. The summed E-state index contributed by atoms with van der Waals surface area (Å²) in [6.07, 6.45) is 6.42. The van der Waals surface area contributed by atoms with Gasteiger partial charge in [0.05, 0.1) is 27.4 Å². The lowest BCUT2D eigenvalue weighted by Gasteiger charge is -2.22. The Morgan fingerprint density at radius 2 is 1.20 bits per heavy atom. The Morgan fingerprint density at radius 3 is 1.87 bits per heavy atom. The first-order valence-electron chi connectivity index (χ1n) is 19.0. The Morgan fingerprint density at radius 1 is 0.609 bits per heavy atom. The second-order valence-electron chi connectivity index (χ2n) is 14.5. The van der Waals surface area contributed by atoms with E-state index in [0.717, 1.165) is 78.3 Å². The topological polar surface area (TPSA) is 51.7 Å². The highest BCUT2D eigenvalue weighted by Gasteiger charge is 2.38. The van der Waals surface area contributed by atoms with E-state index in [2.05, 4.69) is 24.3 Å². The van der Waals surface area contributed by atoms with Gasteiger partial charge in [0.25, 0.3) is 0 Å². The van der Waals surface area contributed by atoms with Crippen molar-refractivity contribution in [3.63, 3.8) is 0 Å². The summed E-state index contributed by atoms with van der Waals surface area (Å²) in [5.41, 5.74) is 4.95. The average Bonchev–Trinajstić information content (AvgIpc) is 3.46. The van der Waals surface area contributed by atoms with Crippen LogP contribution in [0.1, 0.15) is 101 Å². The number of fused-ring (bicyclic) bond motifs is 13. The molecule has 0 atom stereocenters. The van der Waals surface area contributed by atoms with Crippen LogP contribution in [-0.2, 0) is 0 Å². The molecule has 14 rings (SSSR count). The number of aromatic nitrogens is 1. The van der Waals surface area contributed by atoms with Crippen molar-refractivity contribution >= 4 is 82.4 Å². The van der Waals surface area contributed by atoms with E-state index >= 15 is 0 Å². The predicted molar refractivity (Wildman–Crippen MR) is 184 cm³/mol. The highest BCUT2D eigenvalue weighted by molar-refractivity contribution is 6.34. The van der Waals surface area contributed by atoms with Crippen LogP contribution in [-0.4, -0.2) is 16.0 Å². The molecule has 0 radical (unpaired) electrons. The molecule has 3 heterocycles. The largest absolute Gasteiger partial charge is 0.455 e. The van der Waals surface area contributed by atoms with Gasteiger partial charge >= 0.3 is 0 Å². The monoisotopic (exact) mass is 601 g/mol. The van der Waals surface area contributed by atoms with E-state index in [1.807, 2.05) is 22.6 Å². The zero-order chi connectivity index (χ0) is 33.5. The fourth-order valence-corrected chi connectivity index (χ4v) is 10.1. The highest BCUT2D eigenvalue weighted by atomic mass is 16.3. The van der Waals surface area contributed by atoms with Crippen LogP contribution >= 0.6 is 0 Å². The molecule has 4 heteroatoms. The van der Waals surface area contributed by atoms with Crippen molar-refractivity contribution in [1.29, 1.82) is 0 Å². The van der Waals surface area contributed by atoms with E-state index in [1.54, 1.807) is 0 Å². The Labute approximate surface area is 269 Å². The zero-order valence-corrected chi connectivity index (χ0v) is 25.2. The van der Waals surface area contributed by atoms with E-state index in [4.69, 9.17) is 4.42 Å². The summed E-state index contributed by atoms with van der Waals surface area (Å²) in [4.78, 5) is 28.3. The molecule has 0 amide bonds. The summed E-state index contributed by atoms with van der Waals surface area (Å²) in [5.74, 6) is -0.289. The summed E-state index contributed by atoms with van der Waals surface area (Å²) >= 11 is 0. The Hall–Kier alpha value is -4.70. The van der Waals surface area contributed by atoms with E-state index in [1.165, 1.54) is 0 Å². The molecule has 46 heavy (non-hydrogen) atoms. The van der Waals surface area contributed by atoms with Crippen molar-refractivity contribution in [2.75, 3.05) is 0 Å². The number of ketones is 2. The molecule has 2 fully saturated rings. The number of hydrogen-bond acceptors (Lipinski definition) is 3. The normalized spacial score (nSPS) is 25.6. The molecule has 8 aromatic rings. The molecule has 0 saturated heterocycles. The van der Waals surface area contributed by atoms with E-state index in [0.29, 0.717) is 72.2 Å². The Balaban J connectivity index is 1.40. The predicted octanol–water partition coefficient (Wildman–Crippen LogP) is 10.8. The number of nitrogens with zero attached hydrogens (tertiary/aromatic N) is 1. The van der Waals surface area contributed by atoms with Crippen molar-refractivity contribution < 1.29 is 19.5 Å². The number of hydrogen-bond donors (Lipinski definition) is 0. The zero-order valence-electron chi connectivity index (χ0n) is 29.2. The molecule has 0 aliphatic heterocycles. The maximum absolute atomic E-state index is 14.2. The third-order valence-corrected chi connectivity index (χ3v) is 12.3. The van der Waals surface area contributed by atoms with E-state index in [-0.39, 0.29) is 53.4 Å². The molecular formula is C42H31NO3. The number of carbonyl (C=O) groups excluding carboxylic acids is 2. The number of benzene rings is 5. The molecule has 2 saturated carbocycles. The van der Waals surface area contributed by atoms with Crippen LogP contribution in [0.4, 0.5) is 0 Å². The molecule has 4 bridgehead atoms. The summed E-state index contributed by atoms with van der Waals surface area (Å²) in [6, 6.07) is 15.0. The van der Waals surface area contributed by atoms with Crippen molar-refractivity contribution in [3.8, 4) is 0 Å². The average molecular weight is 602 g/mol. The van der Waals surface area contributed by atoms with Crippen molar-refractivity contribution in [1.82, 2.24) is 4.40 Å². The first-order valence-corrected chi connectivity index (χ1v) is 17.0. The fraction of sp³-hybridized carbons (Fsp3) is 0.286.